The van der Waals surface area contributed by atoms with Gasteiger partial charge in [-0.05, 0) is 67.2 Å². The summed E-state index contributed by atoms with van der Waals surface area (Å²) in [5.74, 6) is 1.56. The van der Waals surface area contributed by atoms with Gasteiger partial charge in [0.2, 0.25) is 0 Å². The molecule has 1 aliphatic carbocycles. The summed E-state index contributed by atoms with van der Waals surface area (Å²) in [5, 5.41) is 3.47. The largest absolute Gasteiger partial charge is 0.317 e. The Hall–Kier alpha value is -0.890. The molecule has 0 amide bonds. The molecule has 3 unspecified atom stereocenters. The van der Waals surface area contributed by atoms with Crippen molar-refractivity contribution in [3.05, 3.63) is 35.6 Å². The van der Waals surface area contributed by atoms with Gasteiger partial charge in [0.05, 0.1) is 0 Å². The number of nitrogens with one attached hydrogen (secondary N) is 1. The summed E-state index contributed by atoms with van der Waals surface area (Å²) in [6.07, 6.45) is 3.58. The minimum atomic E-state index is -0.0291. The Morgan fingerprint density at radius 3 is 2.52 bits per heavy atom. The van der Waals surface area contributed by atoms with E-state index in [9.17, 15) is 4.39 Å². The van der Waals surface area contributed by atoms with Gasteiger partial charge >= 0.3 is 0 Å². The lowest BCUT2D eigenvalue weighted by Crippen LogP contribution is -2.36. The van der Waals surface area contributed by atoms with Crippen molar-refractivity contribution >= 4 is 0 Å². The normalized spacial score (nSPS) is 26.8. The quantitative estimate of drug-likeness (QED) is 0.825. The number of halogens is 1. The maximum absolute atomic E-state index is 14.3. The Morgan fingerprint density at radius 1 is 1.19 bits per heavy atom. The van der Waals surface area contributed by atoms with Crippen molar-refractivity contribution in [1.29, 1.82) is 0 Å². The van der Waals surface area contributed by atoms with Gasteiger partial charge < -0.3 is 5.32 Å². The van der Waals surface area contributed by atoms with E-state index in [1.165, 1.54) is 12.8 Å². The lowest BCUT2D eigenvalue weighted by Gasteiger charge is -2.42. The van der Waals surface area contributed by atoms with E-state index in [-0.39, 0.29) is 5.82 Å². The van der Waals surface area contributed by atoms with Crippen LogP contribution in [0.25, 0.3) is 0 Å². The molecular weight excluding hydrogens is 261 g/mol. The van der Waals surface area contributed by atoms with Crippen LogP contribution in [0.4, 0.5) is 4.39 Å². The van der Waals surface area contributed by atoms with Crippen LogP contribution >= 0.6 is 0 Å². The fraction of sp³-hybridized carbons (Fsp3) is 0.684. The van der Waals surface area contributed by atoms with E-state index in [4.69, 9.17) is 0 Å². The molecule has 1 fully saturated rings. The van der Waals surface area contributed by atoms with Crippen molar-refractivity contribution in [1.82, 2.24) is 5.32 Å². The van der Waals surface area contributed by atoms with Crippen LogP contribution in [-0.4, -0.2) is 13.1 Å². The van der Waals surface area contributed by atoms with Crippen molar-refractivity contribution in [3.63, 3.8) is 0 Å². The van der Waals surface area contributed by atoms with E-state index in [2.05, 4.69) is 33.0 Å². The molecular formula is C19H30FN. The first kappa shape index (κ1) is 16.5. The smallest absolute Gasteiger partial charge is 0.126 e. The lowest BCUT2D eigenvalue weighted by atomic mass is 9.64. The molecule has 21 heavy (non-hydrogen) atoms. The summed E-state index contributed by atoms with van der Waals surface area (Å²) >= 11 is 0. The van der Waals surface area contributed by atoms with Crippen molar-refractivity contribution < 1.29 is 4.39 Å². The zero-order chi connectivity index (χ0) is 15.5. The summed E-state index contributed by atoms with van der Waals surface area (Å²) in [7, 11) is 0. The molecule has 1 N–H and O–H groups in total. The molecule has 0 spiro atoms. The van der Waals surface area contributed by atoms with Gasteiger partial charge in [-0.1, -0.05) is 45.9 Å². The third kappa shape index (κ3) is 4.06. The molecule has 0 aliphatic heterocycles. The first-order chi connectivity index (χ1) is 9.93. The molecule has 0 saturated heterocycles. The Balaban J connectivity index is 2.23. The molecule has 0 radical (unpaired) electrons. The SMILES string of the molecule is CCNCC1CCC(C(C)(C)C)CC1c1ccccc1F. The highest BCUT2D eigenvalue weighted by Crippen LogP contribution is 2.47. The number of hydrogen-bond donors (Lipinski definition) is 1. The summed E-state index contributed by atoms with van der Waals surface area (Å²) < 4.78 is 14.3. The van der Waals surface area contributed by atoms with E-state index in [1.807, 2.05) is 12.1 Å². The number of benzene rings is 1. The van der Waals surface area contributed by atoms with Gasteiger partial charge in [0, 0.05) is 0 Å². The highest BCUT2D eigenvalue weighted by atomic mass is 19.1. The molecule has 2 rings (SSSR count). The number of rotatable bonds is 4. The zero-order valence-corrected chi connectivity index (χ0v) is 14.0. The molecule has 1 nitrogen and oxygen atoms in total. The maximum Gasteiger partial charge on any atom is 0.126 e. The van der Waals surface area contributed by atoms with Crippen molar-refractivity contribution in [2.24, 2.45) is 17.3 Å². The second kappa shape index (κ2) is 6.91. The first-order valence-electron chi connectivity index (χ1n) is 8.38. The molecule has 0 aromatic heterocycles. The predicted molar refractivity (Wildman–Crippen MR) is 88.0 cm³/mol. The molecule has 2 heteroatoms. The second-order valence-electron chi connectivity index (χ2n) is 7.57. The molecule has 3 atom stereocenters. The van der Waals surface area contributed by atoms with Crippen LogP contribution in [0, 0.1) is 23.1 Å². The third-order valence-corrected chi connectivity index (χ3v) is 5.18. The van der Waals surface area contributed by atoms with E-state index in [0.29, 0.717) is 23.2 Å². The van der Waals surface area contributed by atoms with Gasteiger partial charge in [-0.3, -0.25) is 0 Å². The van der Waals surface area contributed by atoms with E-state index < -0.39 is 0 Å². The highest BCUT2D eigenvalue weighted by molar-refractivity contribution is 5.23. The summed E-state index contributed by atoms with van der Waals surface area (Å²) in [4.78, 5) is 0. The molecule has 1 aromatic rings. The van der Waals surface area contributed by atoms with Crippen LogP contribution in [-0.2, 0) is 0 Å². The molecule has 0 heterocycles. The Labute approximate surface area is 129 Å². The lowest BCUT2D eigenvalue weighted by molar-refractivity contribution is 0.128. The van der Waals surface area contributed by atoms with E-state index >= 15 is 0 Å². The van der Waals surface area contributed by atoms with Gasteiger partial charge in [0.1, 0.15) is 5.82 Å². The monoisotopic (exact) mass is 291 g/mol. The van der Waals surface area contributed by atoms with Gasteiger partial charge in [-0.15, -0.1) is 0 Å². The molecule has 0 bridgehead atoms. The minimum Gasteiger partial charge on any atom is -0.317 e. The summed E-state index contributed by atoms with van der Waals surface area (Å²) in [5.41, 5.74) is 1.24. The van der Waals surface area contributed by atoms with Crippen LogP contribution < -0.4 is 5.32 Å². The Morgan fingerprint density at radius 2 is 1.90 bits per heavy atom. The van der Waals surface area contributed by atoms with E-state index in [0.717, 1.165) is 25.1 Å². The van der Waals surface area contributed by atoms with Gasteiger partial charge in [0.25, 0.3) is 0 Å². The zero-order valence-electron chi connectivity index (χ0n) is 14.0. The van der Waals surface area contributed by atoms with Gasteiger partial charge in [0.15, 0.2) is 0 Å². The van der Waals surface area contributed by atoms with Crippen LogP contribution in [0.15, 0.2) is 24.3 Å². The second-order valence-corrected chi connectivity index (χ2v) is 7.57. The average Bonchev–Trinajstić information content (AvgIpc) is 2.44. The van der Waals surface area contributed by atoms with Crippen molar-refractivity contribution in [3.8, 4) is 0 Å². The molecule has 1 aliphatic rings. The maximum atomic E-state index is 14.3. The van der Waals surface area contributed by atoms with Crippen LogP contribution in [0.5, 0.6) is 0 Å². The molecule has 118 valence electrons. The van der Waals surface area contributed by atoms with Gasteiger partial charge in [-0.25, -0.2) is 4.39 Å². The van der Waals surface area contributed by atoms with Crippen LogP contribution in [0.1, 0.15) is 58.4 Å². The summed E-state index contributed by atoms with van der Waals surface area (Å²) in [6.45, 7) is 11.1. The third-order valence-electron chi connectivity index (χ3n) is 5.18. The van der Waals surface area contributed by atoms with Gasteiger partial charge in [-0.2, -0.15) is 0 Å². The van der Waals surface area contributed by atoms with E-state index in [1.54, 1.807) is 12.1 Å². The first-order valence-corrected chi connectivity index (χ1v) is 8.38. The number of hydrogen-bond acceptors (Lipinski definition) is 1. The fourth-order valence-corrected chi connectivity index (χ4v) is 3.75. The minimum absolute atomic E-state index is 0.0291. The standard InChI is InChI=1S/C19H30FN/c1-5-21-13-14-10-11-15(19(2,3)4)12-17(14)16-8-6-7-9-18(16)20/h6-9,14-15,17,21H,5,10-13H2,1-4H3. The summed E-state index contributed by atoms with van der Waals surface area (Å²) in [6, 6.07) is 7.37. The van der Waals surface area contributed by atoms with Crippen LogP contribution in [0.2, 0.25) is 0 Å². The molecule has 1 aromatic carbocycles. The fourth-order valence-electron chi connectivity index (χ4n) is 3.75. The Kier molecular flexibility index (Phi) is 5.43. The topological polar surface area (TPSA) is 12.0 Å². The average molecular weight is 291 g/mol. The van der Waals surface area contributed by atoms with Crippen LogP contribution in [0.3, 0.4) is 0 Å². The molecule has 1 saturated carbocycles. The van der Waals surface area contributed by atoms with Crippen molar-refractivity contribution in [2.45, 2.75) is 52.9 Å². The Bertz CT molecular complexity index is 449. The van der Waals surface area contributed by atoms with Crippen molar-refractivity contribution in [2.75, 3.05) is 13.1 Å². The predicted octanol–water partition coefficient (Wildman–Crippen LogP) is 4.98. The highest BCUT2D eigenvalue weighted by Gasteiger charge is 2.37.